The number of hydrogen-bond acceptors (Lipinski definition) is 3. The van der Waals surface area contributed by atoms with Crippen LogP contribution >= 0.6 is 11.3 Å². The average molecular weight is 300 g/mol. The third-order valence-electron chi connectivity index (χ3n) is 4.12. The second-order valence-electron chi connectivity index (χ2n) is 5.78. The van der Waals surface area contributed by atoms with Crippen LogP contribution in [0.5, 0.6) is 0 Å². The first kappa shape index (κ1) is 14.3. The molecule has 0 atom stereocenters. The van der Waals surface area contributed by atoms with Crippen LogP contribution in [-0.4, -0.2) is 28.9 Å². The van der Waals surface area contributed by atoms with Crippen molar-refractivity contribution in [3.05, 3.63) is 52.0 Å². The summed E-state index contributed by atoms with van der Waals surface area (Å²) >= 11 is 1.56. The molecule has 0 unspecified atom stereocenters. The SMILES string of the molecule is Cc1csc(C(=O)N2CCC(Cc3ccncc3)CC2)c1. The van der Waals surface area contributed by atoms with Crippen LogP contribution in [0.1, 0.15) is 33.6 Å². The predicted molar refractivity (Wildman–Crippen MR) is 85.6 cm³/mol. The first-order valence-corrected chi connectivity index (χ1v) is 8.33. The van der Waals surface area contributed by atoms with E-state index in [0.29, 0.717) is 5.92 Å². The second kappa shape index (κ2) is 6.39. The topological polar surface area (TPSA) is 33.2 Å². The van der Waals surface area contributed by atoms with Crippen LogP contribution in [0.3, 0.4) is 0 Å². The quantitative estimate of drug-likeness (QED) is 0.868. The number of carbonyl (C=O) groups is 1. The fourth-order valence-electron chi connectivity index (χ4n) is 2.89. The zero-order valence-electron chi connectivity index (χ0n) is 12.3. The fraction of sp³-hybridized carbons (Fsp3) is 0.412. The Bertz CT molecular complexity index is 600. The van der Waals surface area contributed by atoms with Gasteiger partial charge in [-0.3, -0.25) is 9.78 Å². The first-order chi connectivity index (χ1) is 10.2. The number of rotatable bonds is 3. The number of piperidine rings is 1. The Morgan fingerprint density at radius 1 is 1.33 bits per heavy atom. The van der Waals surface area contributed by atoms with Crippen molar-refractivity contribution in [2.24, 2.45) is 5.92 Å². The van der Waals surface area contributed by atoms with Crippen LogP contribution in [-0.2, 0) is 6.42 Å². The highest BCUT2D eigenvalue weighted by molar-refractivity contribution is 7.12. The van der Waals surface area contributed by atoms with Crippen LogP contribution in [0.25, 0.3) is 0 Å². The highest BCUT2D eigenvalue weighted by Crippen LogP contribution is 2.24. The van der Waals surface area contributed by atoms with Gasteiger partial charge in [-0.15, -0.1) is 11.3 Å². The third kappa shape index (κ3) is 3.50. The van der Waals surface area contributed by atoms with E-state index in [4.69, 9.17) is 0 Å². The van der Waals surface area contributed by atoms with Crippen LogP contribution in [0, 0.1) is 12.8 Å². The molecule has 3 nitrogen and oxygen atoms in total. The summed E-state index contributed by atoms with van der Waals surface area (Å²) in [6, 6.07) is 6.17. The summed E-state index contributed by atoms with van der Waals surface area (Å²) in [7, 11) is 0. The Labute approximate surface area is 129 Å². The minimum Gasteiger partial charge on any atom is -0.338 e. The third-order valence-corrected chi connectivity index (χ3v) is 5.15. The maximum atomic E-state index is 12.4. The first-order valence-electron chi connectivity index (χ1n) is 7.45. The zero-order valence-corrected chi connectivity index (χ0v) is 13.1. The Hall–Kier alpha value is -1.68. The van der Waals surface area contributed by atoms with E-state index in [9.17, 15) is 4.79 Å². The number of aryl methyl sites for hydroxylation is 1. The molecule has 4 heteroatoms. The number of amides is 1. The van der Waals surface area contributed by atoms with Gasteiger partial charge in [-0.05, 0) is 66.8 Å². The van der Waals surface area contributed by atoms with Crippen molar-refractivity contribution in [3.63, 3.8) is 0 Å². The molecule has 1 fully saturated rings. The highest BCUT2D eigenvalue weighted by atomic mass is 32.1. The molecule has 2 aromatic rings. The normalized spacial score (nSPS) is 16.1. The minimum absolute atomic E-state index is 0.204. The lowest BCUT2D eigenvalue weighted by Gasteiger charge is -2.31. The van der Waals surface area contributed by atoms with E-state index in [1.165, 1.54) is 11.1 Å². The molecule has 1 aliphatic heterocycles. The lowest BCUT2D eigenvalue weighted by atomic mass is 9.90. The summed E-state index contributed by atoms with van der Waals surface area (Å²) in [5.74, 6) is 0.886. The van der Waals surface area contributed by atoms with Crippen molar-refractivity contribution < 1.29 is 4.79 Å². The average Bonchev–Trinajstić information content (AvgIpc) is 2.95. The molecule has 0 bridgehead atoms. The van der Waals surface area contributed by atoms with E-state index >= 15 is 0 Å². The molecule has 0 saturated carbocycles. The van der Waals surface area contributed by atoms with E-state index in [2.05, 4.69) is 17.1 Å². The van der Waals surface area contributed by atoms with Gasteiger partial charge in [0.05, 0.1) is 4.88 Å². The molecule has 3 heterocycles. The van der Waals surface area contributed by atoms with Crippen LogP contribution in [0.15, 0.2) is 36.0 Å². The molecular formula is C17H20N2OS. The molecular weight excluding hydrogens is 280 g/mol. The summed E-state index contributed by atoms with van der Waals surface area (Å²) in [4.78, 5) is 19.3. The highest BCUT2D eigenvalue weighted by Gasteiger charge is 2.24. The summed E-state index contributed by atoms with van der Waals surface area (Å²) in [6.45, 7) is 3.80. The Morgan fingerprint density at radius 2 is 2.05 bits per heavy atom. The number of pyridine rings is 1. The van der Waals surface area contributed by atoms with Crippen molar-refractivity contribution in [1.29, 1.82) is 0 Å². The van der Waals surface area contributed by atoms with Crippen LogP contribution in [0.4, 0.5) is 0 Å². The van der Waals surface area contributed by atoms with Gasteiger partial charge in [-0.2, -0.15) is 0 Å². The Morgan fingerprint density at radius 3 is 2.67 bits per heavy atom. The summed E-state index contributed by atoms with van der Waals surface area (Å²) in [6.07, 6.45) is 7.00. The van der Waals surface area contributed by atoms with Crippen LogP contribution < -0.4 is 0 Å². The van der Waals surface area contributed by atoms with Gasteiger partial charge < -0.3 is 4.90 Å². The van der Waals surface area contributed by atoms with Gasteiger partial charge in [0.2, 0.25) is 0 Å². The predicted octanol–water partition coefficient (Wildman–Crippen LogP) is 3.55. The summed E-state index contributed by atoms with van der Waals surface area (Å²) in [5.41, 5.74) is 2.53. The molecule has 3 rings (SSSR count). The molecule has 21 heavy (non-hydrogen) atoms. The van der Waals surface area contributed by atoms with Gasteiger partial charge in [-0.1, -0.05) is 0 Å². The number of hydrogen-bond donors (Lipinski definition) is 0. The Kier molecular flexibility index (Phi) is 4.34. The maximum Gasteiger partial charge on any atom is 0.263 e. The monoisotopic (exact) mass is 300 g/mol. The van der Waals surface area contributed by atoms with Gasteiger partial charge in [0.15, 0.2) is 0 Å². The number of aromatic nitrogens is 1. The van der Waals surface area contributed by atoms with Gasteiger partial charge in [0, 0.05) is 25.5 Å². The zero-order chi connectivity index (χ0) is 14.7. The smallest absolute Gasteiger partial charge is 0.263 e. The van der Waals surface area contributed by atoms with E-state index in [-0.39, 0.29) is 5.91 Å². The van der Waals surface area contributed by atoms with Crippen molar-refractivity contribution in [2.45, 2.75) is 26.2 Å². The number of nitrogens with zero attached hydrogens (tertiary/aromatic N) is 2. The van der Waals surface area contributed by atoms with Crippen molar-refractivity contribution in [3.8, 4) is 0 Å². The van der Waals surface area contributed by atoms with E-state index < -0.39 is 0 Å². The van der Waals surface area contributed by atoms with E-state index in [1.54, 1.807) is 11.3 Å². The summed E-state index contributed by atoms with van der Waals surface area (Å²) < 4.78 is 0. The number of carbonyl (C=O) groups excluding carboxylic acids is 1. The minimum atomic E-state index is 0.204. The molecule has 0 radical (unpaired) electrons. The number of thiophene rings is 1. The van der Waals surface area contributed by atoms with Crippen molar-refractivity contribution in [1.82, 2.24) is 9.88 Å². The lowest BCUT2D eigenvalue weighted by molar-refractivity contribution is 0.0695. The molecule has 0 N–H and O–H groups in total. The van der Waals surface area contributed by atoms with E-state index in [0.717, 1.165) is 37.2 Å². The largest absolute Gasteiger partial charge is 0.338 e. The second-order valence-corrected chi connectivity index (χ2v) is 6.69. The van der Waals surface area contributed by atoms with Crippen molar-refractivity contribution >= 4 is 17.2 Å². The standard InChI is InChI=1S/C17H20N2OS/c1-13-10-16(21-12-13)17(20)19-8-4-15(5-9-19)11-14-2-6-18-7-3-14/h2-3,6-7,10,12,15H,4-5,8-9,11H2,1H3. The summed E-state index contributed by atoms with van der Waals surface area (Å²) in [5, 5.41) is 2.05. The van der Waals surface area contributed by atoms with Gasteiger partial charge in [0.25, 0.3) is 5.91 Å². The van der Waals surface area contributed by atoms with E-state index in [1.807, 2.05) is 35.7 Å². The van der Waals surface area contributed by atoms with Gasteiger partial charge >= 0.3 is 0 Å². The molecule has 1 amide bonds. The molecule has 0 spiro atoms. The molecule has 1 aliphatic rings. The molecule has 1 saturated heterocycles. The lowest BCUT2D eigenvalue weighted by Crippen LogP contribution is -2.38. The molecule has 0 aliphatic carbocycles. The Balaban J connectivity index is 1.54. The van der Waals surface area contributed by atoms with Gasteiger partial charge in [-0.25, -0.2) is 0 Å². The van der Waals surface area contributed by atoms with Gasteiger partial charge in [0.1, 0.15) is 0 Å². The fourth-order valence-corrected chi connectivity index (χ4v) is 3.76. The molecule has 0 aromatic carbocycles. The molecule has 110 valence electrons. The van der Waals surface area contributed by atoms with Crippen molar-refractivity contribution in [2.75, 3.05) is 13.1 Å². The van der Waals surface area contributed by atoms with Crippen LogP contribution in [0.2, 0.25) is 0 Å². The maximum absolute atomic E-state index is 12.4. The number of likely N-dealkylation sites (tertiary alicyclic amines) is 1. The molecule has 2 aromatic heterocycles.